The number of ether oxygens (including phenoxy) is 2. The molecule has 0 spiro atoms. The van der Waals surface area contributed by atoms with Crippen LogP contribution in [0.5, 0.6) is 11.5 Å². The summed E-state index contributed by atoms with van der Waals surface area (Å²) in [5, 5.41) is 3.04. The maximum absolute atomic E-state index is 5.21. The normalized spacial score (nSPS) is 13.2. The Balaban J connectivity index is 2.49. The molecule has 0 amide bonds. The van der Waals surface area contributed by atoms with E-state index in [-0.39, 0.29) is 0 Å². The van der Waals surface area contributed by atoms with Crippen molar-refractivity contribution in [1.82, 2.24) is 0 Å². The second kappa shape index (κ2) is 2.86. The second-order valence-electron chi connectivity index (χ2n) is 2.44. The van der Waals surface area contributed by atoms with Gasteiger partial charge in [0.1, 0.15) is 0 Å². The summed E-state index contributed by atoms with van der Waals surface area (Å²) in [7, 11) is 1.86. The van der Waals surface area contributed by atoms with Crippen molar-refractivity contribution in [1.29, 1.82) is 0 Å². The highest BCUT2D eigenvalue weighted by Crippen LogP contribution is 2.38. The molecule has 1 aromatic carbocycles. The SMILES string of the molecule is CNc1cc2c(cc1Br)OCO2. The largest absolute Gasteiger partial charge is 0.454 e. The van der Waals surface area contributed by atoms with Crippen LogP contribution >= 0.6 is 15.9 Å². The fourth-order valence-corrected chi connectivity index (χ4v) is 1.63. The van der Waals surface area contributed by atoms with E-state index in [0.717, 1.165) is 21.7 Å². The van der Waals surface area contributed by atoms with Gasteiger partial charge in [-0.1, -0.05) is 0 Å². The Kier molecular flexibility index (Phi) is 1.84. The molecule has 0 unspecified atom stereocenters. The molecule has 0 radical (unpaired) electrons. The summed E-state index contributed by atoms with van der Waals surface area (Å²) in [4.78, 5) is 0. The van der Waals surface area contributed by atoms with Crippen molar-refractivity contribution >= 4 is 21.6 Å². The van der Waals surface area contributed by atoms with Crippen molar-refractivity contribution in [3.05, 3.63) is 16.6 Å². The minimum atomic E-state index is 0.314. The summed E-state index contributed by atoms with van der Waals surface area (Å²) in [5.74, 6) is 1.59. The van der Waals surface area contributed by atoms with Crippen LogP contribution in [0.4, 0.5) is 5.69 Å². The zero-order chi connectivity index (χ0) is 8.55. The van der Waals surface area contributed by atoms with Crippen LogP contribution in [0.3, 0.4) is 0 Å². The van der Waals surface area contributed by atoms with Crippen LogP contribution in [-0.2, 0) is 0 Å². The Morgan fingerprint density at radius 2 is 2.00 bits per heavy atom. The third-order valence-electron chi connectivity index (χ3n) is 1.73. The van der Waals surface area contributed by atoms with Gasteiger partial charge in [-0.05, 0) is 15.9 Å². The Morgan fingerprint density at radius 1 is 1.33 bits per heavy atom. The molecule has 0 fully saturated rings. The lowest BCUT2D eigenvalue weighted by molar-refractivity contribution is 0.174. The van der Waals surface area contributed by atoms with Crippen LogP contribution in [-0.4, -0.2) is 13.8 Å². The minimum Gasteiger partial charge on any atom is -0.454 e. The van der Waals surface area contributed by atoms with E-state index in [0.29, 0.717) is 6.79 Å². The lowest BCUT2D eigenvalue weighted by atomic mass is 10.3. The lowest BCUT2D eigenvalue weighted by Gasteiger charge is -2.04. The molecular formula is C8H8BrNO2. The first-order chi connectivity index (χ1) is 5.81. The summed E-state index contributed by atoms with van der Waals surface area (Å²) in [6.45, 7) is 0.314. The molecule has 0 atom stereocenters. The molecule has 4 heteroatoms. The van der Waals surface area contributed by atoms with Gasteiger partial charge in [-0.25, -0.2) is 0 Å². The van der Waals surface area contributed by atoms with Gasteiger partial charge in [-0.15, -0.1) is 0 Å². The molecule has 1 heterocycles. The molecule has 3 nitrogen and oxygen atoms in total. The topological polar surface area (TPSA) is 30.5 Å². The highest BCUT2D eigenvalue weighted by Gasteiger charge is 2.15. The number of nitrogens with one attached hydrogen (secondary N) is 1. The highest BCUT2D eigenvalue weighted by atomic mass is 79.9. The quantitative estimate of drug-likeness (QED) is 0.802. The first kappa shape index (κ1) is 7.73. The number of hydrogen-bond acceptors (Lipinski definition) is 3. The third-order valence-corrected chi connectivity index (χ3v) is 2.39. The number of benzene rings is 1. The minimum absolute atomic E-state index is 0.314. The molecule has 64 valence electrons. The molecule has 0 aliphatic carbocycles. The van der Waals surface area contributed by atoms with Crippen LogP contribution in [0, 0.1) is 0 Å². The third kappa shape index (κ3) is 1.12. The van der Waals surface area contributed by atoms with Crippen LogP contribution in [0.1, 0.15) is 0 Å². The van der Waals surface area contributed by atoms with Gasteiger partial charge in [0.25, 0.3) is 0 Å². The van der Waals surface area contributed by atoms with Crippen LogP contribution < -0.4 is 14.8 Å². The molecule has 1 aliphatic heterocycles. The van der Waals surface area contributed by atoms with E-state index in [1.54, 1.807) is 0 Å². The highest BCUT2D eigenvalue weighted by molar-refractivity contribution is 9.10. The summed E-state index contributed by atoms with van der Waals surface area (Å²) in [5.41, 5.74) is 0.999. The van der Waals surface area contributed by atoms with E-state index in [2.05, 4.69) is 21.2 Å². The predicted octanol–water partition coefficient (Wildman–Crippen LogP) is 2.22. The molecule has 1 aromatic rings. The van der Waals surface area contributed by atoms with E-state index in [1.165, 1.54) is 0 Å². The van der Waals surface area contributed by atoms with Crippen molar-refractivity contribution in [2.45, 2.75) is 0 Å². The summed E-state index contributed by atoms with van der Waals surface area (Å²) < 4.78 is 11.4. The first-order valence-corrected chi connectivity index (χ1v) is 4.37. The number of fused-ring (bicyclic) bond motifs is 1. The average Bonchev–Trinajstić information content (AvgIpc) is 2.49. The monoisotopic (exact) mass is 229 g/mol. The number of hydrogen-bond donors (Lipinski definition) is 1. The molecule has 2 rings (SSSR count). The predicted molar refractivity (Wildman–Crippen MR) is 49.8 cm³/mol. The van der Waals surface area contributed by atoms with Gasteiger partial charge in [0.15, 0.2) is 11.5 Å². The molecular weight excluding hydrogens is 222 g/mol. The first-order valence-electron chi connectivity index (χ1n) is 3.58. The molecule has 0 aromatic heterocycles. The molecule has 0 saturated carbocycles. The van der Waals surface area contributed by atoms with Crippen molar-refractivity contribution in [3.63, 3.8) is 0 Å². The van der Waals surface area contributed by atoms with Gasteiger partial charge in [-0.3, -0.25) is 0 Å². The van der Waals surface area contributed by atoms with Gasteiger partial charge in [0.05, 0.1) is 5.69 Å². The van der Waals surface area contributed by atoms with Gasteiger partial charge in [-0.2, -0.15) is 0 Å². The lowest BCUT2D eigenvalue weighted by Crippen LogP contribution is -1.93. The number of rotatable bonds is 1. The summed E-state index contributed by atoms with van der Waals surface area (Å²) in [6.07, 6.45) is 0. The van der Waals surface area contributed by atoms with Crippen LogP contribution in [0.15, 0.2) is 16.6 Å². The van der Waals surface area contributed by atoms with Gasteiger partial charge < -0.3 is 14.8 Å². The average molecular weight is 230 g/mol. The van der Waals surface area contributed by atoms with Gasteiger partial charge >= 0.3 is 0 Å². The van der Waals surface area contributed by atoms with Crippen molar-refractivity contribution in [2.24, 2.45) is 0 Å². The van der Waals surface area contributed by atoms with Crippen LogP contribution in [0.2, 0.25) is 0 Å². The molecule has 1 aliphatic rings. The Bertz CT molecular complexity index is 313. The van der Waals surface area contributed by atoms with E-state index >= 15 is 0 Å². The van der Waals surface area contributed by atoms with Gasteiger partial charge in [0, 0.05) is 23.7 Å². The fourth-order valence-electron chi connectivity index (χ4n) is 1.11. The van der Waals surface area contributed by atoms with E-state index in [4.69, 9.17) is 9.47 Å². The van der Waals surface area contributed by atoms with Crippen molar-refractivity contribution < 1.29 is 9.47 Å². The maximum atomic E-state index is 5.21. The second-order valence-corrected chi connectivity index (χ2v) is 3.29. The van der Waals surface area contributed by atoms with E-state index in [1.807, 2.05) is 19.2 Å². The Morgan fingerprint density at radius 3 is 2.67 bits per heavy atom. The zero-order valence-corrected chi connectivity index (χ0v) is 8.14. The smallest absolute Gasteiger partial charge is 0.231 e. The van der Waals surface area contributed by atoms with Crippen molar-refractivity contribution in [3.8, 4) is 11.5 Å². The van der Waals surface area contributed by atoms with E-state index < -0.39 is 0 Å². The Labute approximate surface area is 78.8 Å². The molecule has 0 saturated heterocycles. The molecule has 0 bridgehead atoms. The maximum Gasteiger partial charge on any atom is 0.231 e. The Hall–Kier alpha value is -0.900. The van der Waals surface area contributed by atoms with E-state index in [9.17, 15) is 0 Å². The molecule has 1 N–H and O–H groups in total. The van der Waals surface area contributed by atoms with Crippen LogP contribution in [0.25, 0.3) is 0 Å². The van der Waals surface area contributed by atoms with Crippen molar-refractivity contribution in [2.75, 3.05) is 19.2 Å². The fraction of sp³-hybridized carbons (Fsp3) is 0.250. The van der Waals surface area contributed by atoms with Gasteiger partial charge in [0.2, 0.25) is 6.79 Å². The molecule has 12 heavy (non-hydrogen) atoms. The summed E-state index contributed by atoms with van der Waals surface area (Å²) in [6, 6.07) is 3.81. The number of anilines is 1. The summed E-state index contributed by atoms with van der Waals surface area (Å²) >= 11 is 3.41. The zero-order valence-electron chi connectivity index (χ0n) is 6.56. The standard InChI is InChI=1S/C8H8BrNO2/c1-10-6-3-8-7(2-5(6)9)11-4-12-8/h2-3,10H,4H2,1H3. The number of halogens is 1.